The summed E-state index contributed by atoms with van der Waals surface area (Å²) in [5.41, 5.74) is 0.949. The van der Waals surface area contributed by atoms with Gasteiger partial charge in [0.1, 0.15) is 11.0 Å². The van der Waals surface area contributed by atoms with Crippen molar-refractivity contribution < 1.29 is 0 Å². The van der Waals surface area contributed by atoms with Crippen LogP contribution in [0.25, 0.3) is 0 Å². The first-order valence-electron chi connectivity index (χ1n) is 7.66. The number of hydrogen-bond donors (Lipinski definition) is 1. The molecule has 0 spiro atoms. The lowest BCUT2D eigenvalue weighted by Crippen LogP contribution is -2.40. The van der Waals surface area contributed by atoms with Gasteiger partial charge in [-0.2, -0.15) is 0 Å². The van der Waals surface area contributed by atoms with Crippen LogP contribution in [0.4, 0.5) is 0 Å². The van der Waals surface area contributed by atoms with Gasteiger partial charge in [0.15, 0.2) is 0 Å². The number of aromatic nitrogens is 2. The van der Waals surface area contributed by atoms with Crippen LogP contribution in [-0.2, 0) is 6.54 Å². The summed E-state index contributed by atoms with van der Waals surface area (Å²) in [6, 6.07) is 2.57. The fraction of sp³-hybridized carbons (Fsp3) is 0.733. The number of likely N-dealkylation sites (tertiary alicyclic amines) is 1. The molecular weight excluding hydrogens is 272 g/mol. The number of piperidine rings is 1. The van der Waals surface area contributed by atoms with Gasteiger partial charge in [0.2, 0.25) is 0 Å². The highest BCUT2D eigenvalue weighted by molar-refractivity contribution is 6.29. The molecule has 1 atom stereocenters. The average molecular weight is 295 g/mol. The number of hydrogen-bond acceptors (Lipinski definition) is 4. The summed E-state index contributed by atoms with van der Waals surface area (Å²) in [7, 11) is 0. The summed E-state index contributed by atoms with van der Waals surface area (Å²) in [5.74, 6) is 1.71. The molecule has 0 bridgehead atoms. The van der Waals surface area contributed by atoms with Crippen molar-refractivity contribution in [2.75, 3.05) is 19.6 Å². The second kappa shape index (κ2) is 6.37. The molecule has 0 aromatic carbocycles. The monoisotopic (exact) mass is 294 g/mol. The topological polar surface area (TPSA) is 41.1 Å². The molecule has 0 saturated carbocycles. The Morgan fingerprint density at radius 1 is 1.30 bits per heavy atom. The third kappa shape index (κ3) is 3.48. The Kier molecular flexibility index (Phi) is 4.54. The molecule has 1 aromatic rings. The summed E-state index contributed by atoms with van der Waals surface area (Å²) < 4.78 is 0. The molecule has 0 aliphatic carbocycles. The zero-order valence-electron chi connectivity index (χ0n) is 12.1. The molecule has 2 aliphatic heterocycles. The fourth-order valence-electron chi connectivity index (χ4n) is 3.49. The Balaban J connectivity index is 1.53. The van der Waals surface area contributed by atoms with Crippen molar-refractivity contribution in [3.63, 3.8) is 0 Å². The van der Waals surface area contributed by atoms with E-state index in [1.54, 1.807) is 0 Å². The van der Waals surface area contributed by atoms with E-state index in [1.165, 1.54) is 32.2 Å². The van der Waals surface area contributed by atoms with Crippen LogP contribution in [-0.4, -0.2) is 40.5 Å². The van der Waals surface area contributed by atoms with E-state index in [0.29, 0.717) is 5.15 Å². The van der Waals surface area contributed by atoms with Gasteiger partial charge in [-0.25, -0.2) is 9.97 Å². The lowest BCUT2D eigenvalue weighted by atomic mass is 9.88. The van der Waals surface area contributed by atoms with Crippen LogP contribution >= 0.6 is 11.6 Å². The van der Waals surface area contributed by atoms with Gasteiger partial charge in [0, 0.05) is 11.7 Å². The molecule has 2 saturated heterocycles. The molecule has 1 aromatic heterocycles. The highest BCUT2D eigenvalue weighted by atomic mass is 35.5. The Labute approximate surface area is 125 Å². The minimum absolute atomic E-state index is 0.553. The first-order chi connectivity index (χ1) is 9.70. The smallest absolute Gasteiger partial charge is 0.144 e. The first kappa shape index (κ1) is 14.2. The van der Waals surface area contributed by atoms with Gasteiger partial charge in [-0.15, -0.1) is 0 Å². The normalized spacial score (nSPS) is 25.2. The molecular formula is C15H23ClN4. The quantitative estimate of drug-likeness (QED) is 0.869. The van der Waals surface area contributed by atoms with E-state index in [-0.39, 0.29) is 0 Å². The van der Waals surface area contributed by atoms with Crippen LogP contribution in [0, 0.1) is 12.8 Å². The zero-order valence-corrected chi connectivity index (χ0v) is 12.9. The number of halogens is 1. The van der Waals surface area contributed by atoms with Gasteiger partial charge in [0.25, 0.3) is 0 Å². The van der Waals surface area contributed by atoms with Crippen LogP contribution in [0.2, 0.25) is 5.15 Å². The highest BCUT2D eigenvalue weighted by Crippen LogP contribution is 2.26. The zero-order chi connectivity index (χ0) is 13.9. The maximum Gasteiger partial charge on any atom is 0.144 e. The van der Waals surface area contributed by atoms with E-state index in [9.17, 15) is 0 Å². The van der Waals surface area contributed by atoms with Crippen molar-refractivity contribution in [3.05, 3.63) is 22.7 Å². The third-order valence-electron chi connectivity index (χ3n) is 4.53. The average Bonchev–Trinajstić information content (AvgIpc) is 2.92. The first-order valence-corrected chi connectivity index (χ1v) is 8.04. The molecule has 1 N–H and O–H groups in total. The lowest BCUT2D eigenvalue weighted by Gasteiger charge is -2.34. The van der Waals surface area contributed by atoms with Crippen molar-refractivity contribution in [2.45, 2.75) is 45.2 Å². The van der Waals surface area contributed by atoms with Crippen LogP contribution in [0.15, 0.2) is 6.07 Å². The Hall–Kier alpha value is -0.710. The molecule has 3 rings (SSSR count). The van der Waals surface area contributed by atoms with Crippen molar-refractivity contribution in [3.8, 4) is 0 Å². The maximum atomic E-state index is 6.00. The predicted molar refractivity (Wildman–Crippen MR) is 80.8 cm³/mol. The van der Waals surface area contributed by atoms with E-state index in [1.807, 2.05) is 13.0 Å². The van der Waals surface area contributed by atoms with E-state index in [4.69, 9.17) is 11.6 Å². The van der Waals surface area contributed by atoms with E-state index < -0.39 is 0 Å². The molecule has 2 fully saturated rings. The molecule has 2 aliphatic rings. The van der Waals surface area contributed by atoms with Gasteiger partial charge in [0.05, 0.1) is 6.54 Å². The van der Waals surface area contributed by atoms with Crippen molar-refractivity contribution in [2.24, 2.45) is 5.92 Å². The Morgan fingerprint density at radius 3 is 2.75 bits per heavy atom. The molecule has 110 valence electrons. The molecule has 5 heteroatoms. The Morgan fingerprint density at radius 2 is 2.10 bits per heavy atom. The SMILES string of the molecule is Cc1cc(Cl)nc(CN2CCC(C3CCCN3)CC2)n1. The second-order valence-electron chi connectivity index (χ2n) is 6.06. The van der Waals surface area contributed by atoms with Gasteiger partial charge < -0.3 is 5.32 Å². The summed E-state index contributed by atoms with van der Waals surface area (Å²) in [4.78, 5) is 11.3. The van der Waals surface area contributed by atoms with Crippen molar-refractivity contribution >= 4 is 11.6 Å². The standard InChI is InChI=1S/C15H23ClN4/c1-11-9-14(16)19-15(18-11)10-20-7-4-12(5-8-20)13-3-2-6-17-13/h9,12-13,17H,2-8,10H2,1H3. The maximum absolute atomic E-state index is 6.00. The summed E-state index contributed by atoms with van der Waals surface area (Å²) in [6.45, 7) is 6.30. The van der Waals surface area contributed by atoms with Crippen LogP contribution < -0.4 is 5.32 Å². The Bertz CT molecular complexity index is 431. The second-order valence-corrected chi connectivity index (χ2v) is 6.45. The molecule has 3 heterocycles. The molecule has 1 unspecified atom stereocenters. The minimum Gasteiger partial charge on any atom is -0.314 e. The summed E-state index contributed by atoms with van der Waals surface area (Å²) >= 11 is 6.00. The van der Waals surface area contributed by atoms with Gasteiger partial charge in [-0.05, 0) is 64.2 Å². The van der Waals surface area contributed by atoms with Gasteiger partial charge in [-0.1, -0.05) is 11.6 Å². The van der Waals surface area contributed by atoms with Gasteiger partial charge in [-0.3, -0.25) is 4.90 Å². The number of aryl methyl sites for hydroxylation is 1. The van der Waals surface area contributed by atoms with E-state index in [0.717, 1.165) is 43.1 Å². The molecule has 0 radical (unpaired) electrons. The molecule has 20 heavy (non-hydrogen) atoms. The lowest BCUT2D eigenvalue weighted by molar-refractivity contribution is 0.154. The summed E-state index contributed by atoms with van der Waals surface area (Å²) in [5, 5.41) is 4.20. The van der Waals surface area contributed by atoms with E-state index >= 15 is 0 Å². The third-order valence-corrected chi connectivity index (χ3v) is 4.73. The van der Waals surface area contributed by atoms with Gasteiger partial charge >= 0.3 is 0 Å². The highest BCUT2D eigenvalue weighted by Gasteiger charge is 2.28. The van der Waals surface area contributed by atoms with Crippen LogP contribution in [0.1, 0.15) is 37.2 Å². The number of rotatable bonds is 3. The summed E-state index contributed by atoms with van der Waals surface area (Å²) in [6.07, 6.45) is 5.29. The van der Waals surface area contributed by atoms with Crippen LogP contribution in [0.5, 0.6) is 0 Å². The van der Waals surface area contributed by atoms with Crippen molar-refractivity contribution in [1.29, 1.82) is 0 Å². The number of nitrogens with one attached hydrogen (secondary N) is 1. The van der Waals surface area contributed by atoms with Crippen LogP contribution in [0.3, 0.4) is 0 Å². The number of nitrogens with zero attached hydrogens (tertiary/aromatic N) is 3. The van der Waals surface area contributed by atoms with E-state index in [2.05, 4.69) is 20.2 Å². The molecule has 4 nitrogen and oxygen atoms in total. The van der Waals surface area contributed by atoms with Crippen molar-refractivity contribution in [1.82, 2.24) is 20.2 Å². The molecule has 0 amide bonds. The largest absolute Gasteiger partial charge is 0.314 e. The predicted octanol–water partition coefficient (Wildman–Crippen LogP) is 2.40. The minimum atomic E-state index is 0.553. The fourth-order valence-corrected chi connectivity index (χ4v) is 3.74.